The quantitative estimate of drug-likeness (QED) is 0.287. The smallest absolute Gasteiger partial charge is 0.335 e. The number of fused-ring (bicyclic) bond motifs is 1. The van der Waals surface area contributed by atoms with Crippen LogP contribution in [0.25, 0.3) is 11.0 Å². The van der Waals surface area contributed by atoms with Gasteiger partial charge in [0.15, 0.2) is 0 Å². The number of carbonyl (C=O) groups excluding carboxylic acids is 1. The van der Waals surface area contributed by atoms with Crippen molar-refractivity contribution in [2.24, 2.45) is 7.05 Å². The van der Waals surface area contributed by atoms with E-state index in [1.165, 1.54) is 6.42 Å². The van der Waals surface area contributed by atoms with Crippen LogP contribution in [0.5, 0.6) is 0 Å². The van der Waals surface area contributed by atoms with Crippen molar-refractivity contribution in [1.82, 2.24) is 19.4 Å². The number of nitrogens with zero attached hydrogens (tertiary/aromatic N) is 5. The lowest BCUT2D eigenvalue weighted by Gasteiger charge is -2.34. The van der Waals surface area contributed by atoms with E-state index in [0.717, 1.165) is 66.6 Å². The van der Waals surface area contributed by atoms with Gasteiger partial charge in [-0.1, -0.05) is 23.7 Å². The minimum atomic E-state index is -0.952. The number of benzene rings is 3. The molecule has 2 aliphatic heterocycles. The number of aryl methyl sites for hydroxylation is 2. The second-order valence-electron chi connectivity index (χ2n) is 10.9. The number of hydrogen-bond acceptors (Lipinski definition) is 6. The van der Waals surface area contributed by atoms with E-state index in [1.807, 2.05) is 65.9 Å². The highest BCUT2D eigenvalue weighted by atomic mass is 35.5. The minimum absolute atomic E-state index is 0.0199. The van der Waals surface area contributed by atoms with Crippen molar-refractivity contribution < 1.29 is 19.4 Å². The van der Waals surface area contributed by atoms with Gasteiger partial charge in [0.05, 0.1) is 33.9 Å². The second kappa shape index (κ2) is 13.6. The van der Waals surface area contributed by atoms with Gasteiger partial charge in [0.2, 0.25) is 0 Å². The molecule has 4 aromatic rings. The number of anilines is 2. The number of ether oxygens (including phenoxy) is 1. The summed E-state index contributed by atoms with van der Waals surface area (Å²) in [5.41, 5.74) is 5.44. The number of rotatable bonds is 7. The molecule has 0 spiro atoms. The Morgan fingerprint density at radius 1 is 1.00 bits per heavy atom. The van der Waals surface area contributed by atoms with Crippen LogP contribution in [0.1, 0.15) is 45.4 Å². The summed E-state index contributed by atoms with van der Waals surface area (Å²) in [4.78, 5) is 35.8. The molecular formula is C33H38ClN5O4. The molecule has 2 aliphatic rings. The van der Waals surface area contributed by atoms with Crippen molar-refractivity contribution in [1.29, 1.82) is 0 Å². The zero-order valence-corrected chi connectivity index (χ0v) is 25.7. The largest absolute Gasteiger partial charge is 0.478 e. The maximum Gasteiger partial charge on any atom is 0.335 e. The lowest BCUT2D eigenvalue weighted by molar-refractivity contribution is 0.0367. The molecule has 0 radical (unpaired) electrons. The number of piperazine rings is 1. The first-order valence-corrected chi connectivity index (χ1v) is 15.0. The third-order valence-electron chi connectivity index (χ3n) is 7.94. The van der Waals surface area contributed by atoms with Gasteiger partial charge in [0, 0.05) is 64.2 Å². The SMILES string of the molecule is C1COC1.CCN(c1cccc(C(=O)N2CCN(Cc3nc4ccc(C(=O)O)cc4n3C)CC2)c1)c1ccc(C)cc1Cl. The molecule has 0 bridgehead atoms. The number of halogens is 1. The monoisotopic (exact) mass is 603 g/mol. The minimum Gasteiger partial charge on any atom is -0.478 e. The standard InChI is InChI=1S/C30H32ClN5O3.C3H6O/c1-4-36(26-11-8-20(2)16-24(26)31)23-7-5-6-21(17-23)29(37)35-14-12-34(13-15-35)19-28-32-25-10-9-22(30(38)39)18-27(25)33(28)3;1-2-4-3-1/h5-11,16-18H,4,12-15,19H2,1-3H3,(H,38,39);1-3H2. The number of amides is 1. The van der Waals surface area contributed by atoms with Crippen LogP contribution in [0.15, 0.2) is 60.7 Å². The van der Waals surface area contributed by atoms with E-state index in [9.17, 15) is 14.7 Å². The van der Waals surface area contributed by atoms with E-state index in [0.29, 0.717) is 30.2 Å². The van der Waals surface area contributed by atoms with Gasteiger partial charge in [-0.25, -0.2) is 9.78 Å². The van der Waals surface area contributed by atoms with Gasteiger partial charge in [-0.3, -0.25) is 9.69 Å². The fourth-order valence-electron chi connectivity index (χ4n) is 5.28. The van der Waals surface area contributed by atoms with Gasteiger partial charge in [-0.15, -0.1) is 0 Å². The predicted molar refractivity (Wildman–Crippen MR) is 170 cm³/mol. The Kier molecular flexibility index (Phi) is 9.65. The van der Waals surface area contributed by atoms with Crippen LogP contribution >= 0.6 is 11.6 Å². The van der Waals surface area contributed by atoms with Gasteiger partial charge in [0.25, 0.3) is 5.91 Å². The van der Waals surface area contributed by atoms with Crippen molar-refractivity contribution in [3.05, 3.63) is 88.2 Å². The fourth-order valence-corrected chi connectivity index (χ4v) is 5.62. The molecule has 6 rings (SSSR count). The van der Waals surface area contributed by atoms with Gasteiger partial charge >= 0.3 is 5.97 Å². The first kappa shape index (κ1) is 30.5. The Bertz CT molecular complexity index is 1600. The van der Waals surface area contributed by atoms with Crippen molar-refractivity contribution in [3.63, 3.8) is 0 Å². The van der Waals surface area contributed by atoms with E-state index < -0.39 is 5.97 Å². The molecule has 2 fully saturated rings. The first-order chi connectivity index (χ1) is 20.7. The van der Waals surface area contributed by atoms with Gasteiger partial charge in [-0.2, -0.15) is 0 Å². The van der Waals surface area contributed by atoms with Crippen LogP contribution in [0.4, 0.5) is 11.4 Å². The summed E-state index contributed by atoms with van der Waals surface area (Å²) in [5.74, 6) is -0.0618. The zero-order chi connectivity index (χ0) is 30.5. The van der Waals surface area contributed by atoms with Crippen molar-refractivity contribution >= 4 is 45.9 Å². The van der Waals surface area contributed by atoms with Crippen molar-refractivity contribution in [2.75, 3.05) is 50.8 Å². The molecule has 226 valence electrons. The van der Waals surface area contributed by atoms with Crippen LogP contribution in [0.3, 0.4) is 0 Å². The summed E-state index contributed by atoms with van der Waals surface area (Å²) in [6.07, 6.45) is 1.28. The van der Waals surface area contributed by atoms with Gasteiger partial charge in [-0.05, 0) is 74.4 Å². The number of aromatic carboxylic acids is 1. The van der Waals surface area contributed by atoms with E-state index in [2.05, 4.69) is 16.7 Å². The number of imidazole rings is 1. The van der Waals surface area contributed by atoms with E-state index in [4.69, 9.17) is 21.3 Å². The molecule has 10 heteroatoms. The summed E-state index contributed by atoms with van der Waals surface area (Å²) >= 11 is 6.55. The summed E-state index contributed by atoms with van der Waals surface area (Å²) in [6, 6.07) is 18.7. The Morgan fingerprint density at radius 3 is 2.35 bits per heavy atom. The van der Waals surface area contributed by atoms with Gasteiger partial charge in [0.1, 0.15) is 5.82 Å². The Labute approximate surface area is 257 Å². The van der Waals surface area contributed by atoms with Crippen LogP contribution in [0.2, 0.25) is 5.02 Å². The van der Waals surface area contributed by atoms with Crippen LogP contribution in [-0.4, -0.2) is 82.3 Å². The molecular weight excluding hydrogens is 566 g/mol. The molecule has 0 unspecified atom stereocenters. The third-order valence-corrected chi connectivity index (χ3v) is 8.24. The topological polar surface area (TPSA) is 91.1 Å². The predicted octanol–water partition coefficient (Wildman–Crippen LogP) is 5.76. The highest BCUT2D eigenvalue weighted by Crippen LogP contribution is 2.33. The molecule has 0 aliphatic carbocycles. The molecule has 1 N–H and O–H groups in total. The molecule has 1 aromatic heterocycles. The second-order valence-corrected chi connectivity index (χ2v) is 11.3. The maximum atomic E-state index is 13.4. The number of aromatic nitrogens is 2. The molecule has 3 aromatic carbocycles. The zero-order valence-electron chi connectivity index (χ0n) is 24.9. The molecule has 1 amide bonds. The summed E-state index contributed by atoms with van der Waals surface area (Å²) in [7, 11) is 1.91. The maximum absolute atomic E-state index is 13.4. The number of hydrogen-bond donors (Lipinski definition) is 1. The highest BCUT2D eigenvalue weighted by Gasteiger charge is 2.24. The number of carbonyl (C=O) groups is 2. The Balaban J connectivity index is 0.000000850. The average Bonchev–Trinajstić information content (AvgIpc) is 3.28. The molecule has 2 saturated heterocycles. The molecule has 43 heavy (non-hydrogen) atoms. The lowest BCUT2D eigenvalue weighted by atomic mass is 10.1. The molecule has 3 heterocycles. The molecule has 0 atom stereocenters. The molecule has 9 nitrogen and oxygen atoms in total. The Morgan fingerprint density at radius 2 is 1.72 bits per heavy atom. The average molecular weight is 604 g/mol. The van der Waals surface area contributed by atoms with Crippen LogP contribution in [-0.2, 0) is 18.3 Å². The molecule has 0 saturated carbocycles. The van der Waals surface area contributed by atoms with E-state index in [-0.39, 0.29) is 11.5 Å². The van der Waals surface area contributed by atoms with Gasteiger partial charge < -0.3 is 24.2 Å². The number of carboxylic acids is 1. The van der Waals surface area contributed by atoms with Crippen molar-refractivity contribution in [2.45, 2.75) is 26.8 Å². The number of carboxylic acid groups (broad SMARTS) is 1. The fraction of sp³-hybridized carbons (Fsp3) is 0.364. The lowest BCUT2D eigenvalue weighted by Crippen LogP contribution is -2.48. The van der Waals surface area contributed by atoms with E-state index in [1.54, 1.807) is 18.2 Å². The highest BCUT2D eigenvalue weighted by molar-refractivity contribution is 6.33. The summed E-state index contributed by atoms with van der Waals surface area (Å²) < 4.78 is 6.67. The van der Waals surface area contributed by atoms with Crippen LogP contribution < -0.4 is 4.90 Å². The Hall–Kier alpha value is -3.92. The third kappa shape index (κ3) is 7.01. The van der Waals surface area contributed by atoms with E-state index >= 15 is 0 Å². The summed E-state index contributed by atoms with van der Waals surface area (Å²) in [6.45, 7) is 10.1. The van der Waals surface area contributed by atoms with Crippen LogP contribution in [0, 0.1) is 6.92 Å². The normalized spacial score (nSPS) is 15.0. The van der Waals surface area contributed by atoms with Crippen molar-refractivity contribution in [3.8, 4) is 0 Å². The summed E-state index contributed by atoms with van der Waals surface area (Å²) in [5, 5.41) is 9.99. The first-order valence-electron chi connectivity index (χ1n) is 14.7.